The summed E-state index contributed by atoms with van der Waals surface area (Å²) in [6.07, 6.45) is 1.24. The quantitative estimate of drug-likeness (QED) is 0.828. The highest BCUT2D eigenvalue weighted by atomic mass is 35.5. The molecule has 0 N–H and O–H groups in total. The fourth-order valence-corrected chi connectivity index (χ4v) is 4.35. The number of hydrogen-bond donors (Lipinski definition) is 0. The molecule has 0 unspecified atom stereocenters. The van der Waals surface area contributed by atoms with Gasteiger partial charge in [0, 0.05) is 13.1 Å². The van der Waals surface area contributed by atoms with Crippen molar-refractivity contribution in [3.8, 4) is 0 Å². The first-order chi connectivity index (χ1) is 11.2. The predicted octanol–water partition coefficient (Wildman–Crippen LogP) is 3.30. The lowest BCUT2D eigenvalue weighted by molar-refractivity contribution is 0.201. The first-order valence-electron chi connectivity index (χ1n) is 7.59. The molecule has 0 spiro atoms. The highest BCUT2D eigenvalue weighted by molar-refractivity contribution is 7.91. The van der Waals surface area contributed by atoms with E-state index in [1.807, 2.05) is 26.8 Å². The van der Waals surface area contributed by atoms with Crippen molar-refractivity contribution < 1.29 is 13.2 Å². The molecule has 24 heavy (non-hydrogen) atoms. The van der Waals surface area contributed by atoms with Gasteiger partial charge >= 0.3 is 6.03 Å². The molecular formula is C16H20ClN3O3S. The minimum absolute atomic E-state index is 0.0728. The summed E-state index contributed by atoms with van der Waals surface area (Å²) in [4.78, 5) is 14.0. The Hall–Kier alpha value is -1.86. The van der Waals surface area contributed by atoms with Crippen molar-refractivity contribution in [2.45, 2.75) is 37.6 Å². The molecule has 1 heterocycles. The van der Waals surface area contributed by atoms with Crippen molar-refractivity contribution in [1.29, 1.82) is 0 Å². The molecule has 130 valence electrons. The summed E-state index contributed by atoms with van der Waals surface area (Å²) in [6, 6.07) is 4.60. The number of halogens is 1. The number of carbonyl (C=O) groups excluding carboxylic acids is 1. The zero-order valence-electron chi connectivity index (χ0n) is 14.1. The highest BCUT2D eigenvalue weighted by Crippen LogP contribution is 2.29. The highest BCUT2D eigenvalue weighted by Gasteiger charge is 2.28. The van der Waals surface area contributed by atoms with Gasteiger partial charge in [0.1, 0.15) is 0 Å². The molecule has 0 fully saturated rings. The summed E-state index contributed by atoms with van der Waals surface area (Å²) in [5, 5.41) is 3.57. The Bertz CT molecular complexity index is 871. The molecule has 2 rings (SSSR count). The average Bonchev–Trinajstić information content (AvgIpc) is 2.93. The molecule has 0 saturated heterocycles. The van der Waals surface area contributed by atoms with Crippen LogP contribution in [0.5, 0.6) is 0 Å². The SMILES string of the molecule is CCN(CC)C(=O)n1cc(Cl)c(S(=O)(=O)c2cccc(C)c2C)n1. The molecule has 0 aliphatic heterocycles. The Morgan fingerprint density at radius 2 is 1.88 bits per heavy atom. The van der Waals surface area contributed by atoms with Crippen LogP contribution in [0.3, 0.4) is 0 Å². The lowest BCUT2D eigenvalue weighted by Gasteiger charge is -2.17. The van der Waals surface area contributed by atoms with Crippen LogP contribution in [0.25, 0.3) is 0 Å². The number of benzene rings is 1. The molecule has 1 aromatic carbocycles. The average molecular weight is 370 g/mol. The zero-order chi connectivity index (χ0) is 18.1. The summed E-state index contributed by atoms with van der Waals surface area (Å²) in [5.74, 6) is 0. The molecule has 0 saturated carbocycles. The summed E-state index contributed by atoms with van der Waals surface area (Å²) in [5.41, 5.74) is 1.49. The predicted molar refractivity (Wildman–Crippen MR) is 92.3 cm³/mol. The second kappa shape index (κ2) is 6.94. The Morgan fingerprint density at radius 3 is 2.46 bits per heavy atom. The van der Waals surface area contributed by atoms with Gasteiger partial charge in [-0.1, -0.05) is 23.7 Å². The van der Waals surface area contributed by atoms with Crippen LogP contribution in [0.15, 0.2) is 34.3 Å². The van der Waals surface area contributed by atoms with Crippen LogP contribution in [-0.4, -0.2) is 42.2 Å². The molecule has 0 bridgehead atoms. The summed E-state index contributed by atoms with van der Waals surface area (Å²) in [6.45, 7) is 8.21. The van der Waals surface area contributed by atoms with Gasteiger partial charge in [0.05, 0.1) is 16.1 Å². The molecule has 0 aliphatic carbocycles. The molecular weight excluding hydrogens is 350 g/mol. The molecule has 0 radical (unpaired) electrons. The van der Waals surface area contributed by atoms with E-state index >= 15 is 0 Å². The van der Waals surface area contributed by atoms with Crippen LogP contribution >= 0.6 is 11.6 Å². The topological polar surface area (TPSA) is 72.3 Å². The molecule has 1 aromatic heterocycles. The normalized spacial score (nSPS) is 11.5. The first-order valence-corrected chi connectivity index (χ1v) is 9.45. The Morgan fingerprint density at radius 1 is 1.25 bits per heavy atom. The maximum Gasteiger partial charge on any atom is 0.344 e. The summed E-state index contributed by atoms with van der Waals surface area (Å²) >= 11 is 6.07. The first kappa shape index (κ1) is 18.5. The number of carbonyl (C=O) groups is 1. The minimum Gasteiger partial charge on any atom is -0.323 e. The van der Waals surface area contributed by atoms with Crippen molar-refractivity contribution in [1.82, 2.24) is 14.7 Å². The Labute approximate surface area is 147 Å². The number of hydrogen-bond acceptors (Lipinski definition) is 4. The van der Waals surface area contributed by atoms with Gasteiger partial charge < -0.3 is 4.90 Å². The van der Waals surface area contributed by atoms with E-state index < -0.39 is 15.9 Å². The maximum absolute atomic E-state index is 12.9. The van der Waals surface area contributed by atoms with Crippen molar-refractivity contribution in [2.24, 2.45) is 0 Å². The molecule has 6 nitrogen and oxygen atoms in total. The largest absolute Gasteiger partial charge is 0.344 e. The monoisotopic (exact) mass is 369 g/mol. The lowest BCUT2D eigenvalue weighted by atomic mass is 10.1. The van der Waals surface area contributed by atoms with Crippen LogP contribution < -0.4 is 0 Å². The number of aromatic nitrogens is 2. The van der Waals surface area contributed by atoms with Crippen LogP contribution in [-0.2, 0) is 9.84 Å². The van der Waals surface area contributed by atoms with E-state index in [4.69, 9.17) is 11.6 Å². The number of nitrogens with zero attached hydrogens (tertiary/aromatic N) is 3. The summed E-state index contributed by atoms with van der Waals surface area (Å²) in [7, 11) is -3.91. The third-order valence-corrected chi connectivity index (χ3v) is 6.19. The van der Waals surface area contributed by atoms with Gasteiger partial charge in [-0.05, 0) is 44.9 Å². The zero-order valence-corrected chi connectivity index (χ0v) is 15.6. The van der Waals surface area contributed by atoms with Gasteiger partial charge in [-0.25, -0.2) is 13.2 Å². The van der Waals surface area contributed by atoms with Gasteiger partial charge in [-0.15, -0.1) is 0 Å². The molecule has 2 aromatic rings. The van der Waals surface area contributed by atoms with Gasteiger partial charge in [0.15, 0.2) is 0 Å². The lowest BCUT2D eigenvalue weighted by Crippen LogP contribution is -2.34. The van der Waals surface area contributed by atoms with E-state index in [1.165, 1.54) is 17.2 Å². The number of aryl methyl sites for hydroxylation is 1. The minimum atomic E-state index is -3.91. The maximum atomic E-state index is 12.9. The van der Waals surface area contributed by atoms with E-state index in [0.717, 1.165) is 10.2 Å². The molecule has 0 atom stereocenters. The smallest absolute Gasteiger partial charge is 0.323 e. The van der Waals surface area contributed by atoms with E-state index in [-0.39, 0.29) is 14.9 Å². The van der Waals surface area contributed by atoms with Gasteiger partial charge in [0.2, 0.25) is 14.9 Å². The Balaban J connectivity index is 2.53. The van der Waals surface area contributed by atoms with Gasteiger partial charge in [-0.2, -0.15) is 9.78 Å². The van der Waals surface area contributed by atoms with Gasteiger partial charge in [0.25, 0.3) is 0 Å². The van der Waals surface area contributed by atoms with Crippen LogP contribution in [0.1, 0.15) is 25.0 Å². The van der Waals surface area contributed by atoms with Gasteiger partial charge in [-0.3, -0.25) is 0 Å². The Kier molecular flexibility index (Phi) is 5.35. The van der Waals surface area contributed by atoms with Crippen molar-refractivity contribution in [3.63, 3.8) is 0 Å². The third-order valence-electron chi connectivity index (χ3n) is 3.97. The van der Waals surface area contributed by atoms with E-state index in [1.54, 1.807) is 13.0 Å². The molecule has 8 heteroatoms. The number of rotatable bonds is 4. The van der Waals surface area contributed by atoms with Crippen LogP contribution in [0.2, 0.25) is 5.02 Å². The van der Waals surface area contributed by atoms with E-state index in [9.17, 15) is 13.2 Å². The fraction of sp³-hybridized carbons (Fsp3) is 0.375. The second-order valence-corrected chi connectivity index (χ2v) is 7.62. The number of sulfone groups is 1. The van der Waals surface area contributed by atoms with Crippen LogP contribution in [0.4, 0.5) is 4.79 Å². The second-order valence-electron chi connectivity index (χ2n) is 5.38. The van der Waals surface area contributed by atoms with Crippen molar-refractivity contribution in [3.05, 3.63) is 40.5 Å². The van der Waals surface area contributed by atoms with Crippen LogP contribution in [0, 0.1) is 13.8 Å². The van der Waals surface area contributed by atoms with E-state index in [0.29, 0.717) is 18.7 Å². The van der Waals surface area contributed by atoms with Crippen molar-refractivity contribution >= 4 is 27.5 Å². The third kappa shape index (κ3) is 3.18. The van der Waals surface area contributed by atoms with E-state index in [2.05, 4.69) is 5.10 Å². The molecule has 1 amide bonds. The number of amides is 1. The summed E-state index contributed by atoms with van der Waals surface area (Å²) < 4.78 is 26.8. The fourth-order valence-electron chi connectivity index (χ4n) is 2.38. The molecule has 0 aliphatic rings. The van der Waals surface area contributed by atoms with Crippen molar-refractivity contribution in [2.75, 3.05) is 13.1 Å². The standard InChI is InChI=1S/C16H20ClN3O3S/c1-5-19(6-2)16(21)20-10-13(17)15(18-20)24(22,23)14-9-7-8-11(3)12(14)4/h7-10H,5-6H2,1-4H3.